The van der Waals surface area contributed by atoms with Crippen LogP contribution in [0, 0.1) is 0 Å². The van der Waals surface area contributed by atoms with Crippen molar-refractivity contribution in [1.82, 2.24) is 14.5 Å². The summed E-state index contributed by atoms with van der Waals surface area (Å²) in [6.45, 7) is 2.94. The summed E-state index contributed by atoms with van der Waals surface area (Å²) in [5, 5.41) is 0.338. The summed E-state index contributed by atoms with van der Waals surface area (Å²) in [5.74, 6) is -0.199. The van der Waals surface area contributed by atoms with Gasteiger partial charge in [-0.25, -0.2) is 13.1 Å². The van der Waals surface area contributed by atoms with Gasteiger partial charge in [0.05, 0.1) is 11.4 Å². The quantitative estimate of drug-likeness (QED) is 0.785. The highest BCUT2D eigenvalue weighted by Crippen LogP contribution is 2.24. The van der Waals surface area contributed by atoms with Crippen molar-refractivity contribution >= 4 is 27.5 Å². The maximum atomic E-state index is 12.6. The van der Waals surface area contributed by atoms with Crippen molar-refractivity contribution in [3.05, 3.63) is 64.7 Å². The summed E-state index contributed by atoms with van der Waals surface area (Å²) in [4.78, 5) is 16.8. The fourth-order valence-electron chi connectivity index (χ4n) is 4.08. The van der Waals surface area contributed by atoms with Crippen LogP contribution in [0.4, 0.5) is 0 Å². The molecule has 0 aromatic heterocycles. The second-order valence-electron chi connectivity index (χ2n) is 7.55. The predicted octanol–water partition coefficient (Wildman–Crippen LogP) is 2.28. The highest BCUT2D eigenvalue weighted by atomic mass is 35.5. The van der Waals surface area contributed by atoms with Crippen LogP contribution in [-0.4, -0.2) is 56.3 Å². The number of nitrogens with zero attached hydrogens (tertiary/aromatic N) is 2. The predicted molar refractivity (Wildman–Crippen MR) is 112 cm³/mol. The van der Waals surface area contributed by atoms with Crippen LogP contribution in [-0.2, 0) is 27.8 Å². The summed E-state index contributed by atoms with van der Waals surface area (Å²) in [6.07, 6.45) is 1.94. The molecule has 0 spiro atoms. The van der Waals surface area contributed by atoms with E-state index in [1.165, 1.54) is 23.3 Å². The third-order valence-electron chi connectivity index (χ3n) is 5.71. The number of nitrogens with one attached hydrogen (secondary N) is 1. The molecule has 1 saturated heterocycles. The Morgan fingerprint density at radius 3 is 2.69 bits per heavy atom. The number of likely N-dealkylation sites (tertiary alicyclic amines) is 1. The molecule has 0 aliphatic carbocycles. The molecule has 154 valence electrons. The summed E-state index contributed by atoms with van der Waals surface area (Å²) < 4.78 is 27.2. The zero-order valence-electron chi connectivity index (χ0n) is 16.1. The molecule has 1 unspecified atom stereocenters. The molecule has 2 aliphatic rings. The molecular weight excluding hydrogens is 410 g/mol. The van der Waals surface area contributed by atoms with Gasteiger partial charge in [-0.1, -0.05) is 41.9 Å². The van der Waals surface area contributed by atoms with Crippen LogP contribution >= 0.6 is 11.6 Å². The van der Waals surface area contributed by atoms with E-state index in [4.69, 9.17) is 11.6 Å². The largest absolute Gasteiger partial charge is 0.340 e. The van der Waals surface area contributed by atoms with Gasteiger partial charge >= 0.3 is 0 Å². The van der Waals surface area contributed by atoms with Gasteiger partial charge in [-0.05, 0) is 42.2 Å². The first-order valence-corrected chi connectivity index (χ1v) is 11.6. The fourth-order valence-corrected chi connectivity index (χ4v) is 5.36. The minimum atomic E-state index is -3.77. The molecule has 4 rings (SSSR count). The molecule has 1 fully saturated rings. The Labute approximate surface area is 176 Å². The van der Waals surface area contributed by atoms with Crippen LogP contribution in [0.3, 0.4) is 0 Å². The number of benzene rings is 2. The summed E-state index contributed by atoms with van der Waals surface area (Å²) in [7, 11) is -3.77. The van der Waals surface area contributed by atoms with Gasteiger partial charge in [0.1, 0.15) is 0 Å². The van der Waals surface area contributed by atoms with Gasteiger partial charge in [0.25, 0.3) is 0 Å². The van der Waals surface area contributed by atoms with Gasteiger partial charge < -0.3 is 4.90 Å². The average molecular weight is 434 g/mol. The van der Waals surface area contributed by atoms with Crippen molar-refractivity contribution in [3.63, 3.8) is 0 Å². The third kappa shape index (κ3) is 4.64. The summed E-state index contributed by atoms with van der Waals surface area (Å²) in [6, 6.07) is 14.8. The van der Waals surface area contributed by atoms with Gasteiger partial charge in [-0.3, -0.25) is 9.69 Å². The lowest BCUT2D eigenvalue weighted by atomic mass is 9.98. The van der Waals surface area contributed by atoms with Gasteiger partial charge in [-0.2, -0.15) is 0 Å². The van der Waals surface area contributed by atoms with Crippen LogP contribution in [0.25, 0.3) is 0 Å². The fraction of sp³-hybridized carbons (Fsp3) is 0.381. The molecule has 2 heterocycles. The van der Waals surface area contributed by atoms with Gasteiger partial charge in [0.15, 0.2) is 0 Å². The maximum Gasteiger partial charge on any atom is 0.241 e. The summed E-state index contributed by atoms with van der Waals surface area (Å²) in [5.41, 5.74) is 2.77. The molecule has 8 heteroatoms. The molecule has 29 heavy (non-hydrogen) atoms. The number of amides is 1. The Morgan fingerprint density at radius 1 is 1.10 bits per heavy atom. The van der Waals surface area contributed by atoms with E-state index in [0.29, 0.717) is 24.2 Å². The summed E-state index contributed by atoms with van der Waals surface area (Å²) >= 11 is 5.87. The van der Waals surface area contributed by atoms with Gasteiger partial charge in [0.2, 0.25) is 15.9 Å². The van der Waals surface area contributed by atoms with Crippen LogP contribution in [0.1, 0.15) is 17.5 Å². The number of fused-ring (bicyclic) bond motifs is 1. The molecule has 2 aromatic carbocycles. The highest BCUT2D eigenvalue weighted by Gasteiger charge is 2.32. The zero-order valence-corrected chi connectivity index (χ0v) is 17.6. The molecule has 0 bridgehead atoms. The molecule has 2 aliphatic heterocycles. The number of sulfonamides is 1. The lowest BCUT2D eigenvalue weighted by molar-refractivity contribution is -0.129. The van der Waals surface area contributed by atoms with Crippen molar-refractivity contribution in [2.45, 2.75) is 30.3 Å². The van der Waals surface area contributed by atoms with E-state index in [1.54, 1.807) is 17.0 Å². The molecule has 0 radical (unpaired) electrons. The van der Waals surface area contributed by atoms with Crippen molar-refractivity contribution in [3.8, 4) is 0 Å². The first kappa shape index (κ1) is 20.3. The van der Waals surface area contributed by atoms with Crippen molar-refractivity contribution in [1.29, 1.82) is 0 Å². The van der Waals surface area contributed by atoms with Crippen molar-refractivity contribution < 1.29 is 13.2 Å². The number of halogens is 1. The number of carbonyl (C=O) groups is 1. The standard InChI is InChI=1S/C21H24ClN3O3S/c22-18-6-3-7-20(12-18)29(27,28)23-13-21(26)25-11-9-19(15-25)24-10-8-16-4-1-2-5-17(16)14-24/h1-7,12,19,23H,8-11,13-15H2. The van der Waals surface area contributed by atoms with E-state index in [1.807, 2.05) is 0 Å². The minimum Gasteiger partial charge on any atom is -0.340 e. The van der Waals surface area contributed by atoms with Crippen molar-refractivity contribution in [2.24, 2.45) is 0 Å². The second-order valence-corrected chi connectivity index (χ2v) is 9.76. The minimum absolute atomic E-state index is 0.0593. The smallest absolute Gasteiger partial charge is 0.241 e. The van der Waals surface area contributed by atoms with Crippen LogP contribution in [0.2, 0.25) is 5.02 Å². The maximum absolute atomic E-state index is 12.6. The third-order valence-corrected chi connectivity index (χ3v) is 7.35. The number of rotatable bonds is 5. The molecule has 1 amide bonds. The topological polar surface area (TPSA) is 69.7 Å². The molecule has 2 aromatic rings. The molecule has 0 saturated carbocycles. The average Bonchev–Trinajstić information content (AvgIpc) is 3.22. The molecule has 1 atom stereocenters. The Balaban J connectivity index is 1.32. The highest BCUT2D eigenvalue weighted by molar-refractivity contribution is 7.89. The van der Waals surface area contributed by atoms with Crippen LogP contribution in [0.5, 0.6) is 0 Å². The molecular formula is C21H24ClN3O3S. The van der Waals surface area contributed by atoms with E-state index >= 15 is 0 Å². The Kier molecular flexibility index (Phi) is 5.92. The molecule has 6 nitrogen and oxygen atoms in total. The first-order chi connectivity index (χ1) is 13.9. The molecule has 1 N–H and O–H groups in total. The Hall–Kier alpha value is -1.93. The first-order valence-electron chi connectivity index (χ1n) is 9.76. The normalized spacial score (nSPS) is 19.9. The lowest BCUT2D eigenvalue weighted by Crippen LogP contribution is -2.43. The number of carbonyl (C=O) groups excluding carboxylic acids is 1. The van der Waals surface area contributed by atoms with E-state index in [-0.39, 0.29) is 17.3 Å². The van der Waals surface area contributed by atoms with Gasteiger partial charge in [0, 0.05) is 37.2 Å². The Morgan fingerprint density at radius 2 is 1.90 bits per heavy atom. The van der Waals surface area contributed by atoms with E-state index < -0.39 is 10.0 Å². The zero-order chi connectivity index (χ0) is 20.4. The van der Waals surface area contributed by atoms with Crippen LogP contribution < -0.4 is 4.72 Å². The van der Waals surface area contributed by atoms with E-state index in [0.717, 1.165) is 25.9 Å². The number of hydrogen-bond donors (Lipinski definition) is 1. The lowest BCUT2D eigenvalue weighted by Gasteiger charge is -2.33. The van der Waals surface area contributed by atoms with Gasteiger partial charge in [-0.15, -0.1) is 0 Å². The number of hydrogen-bond acceptors (Lipinski definition) is 4. The SMILES string of the molecule is O=C(CNS(=O)(=O)c1cccc(Cl)c1)N1CCC(N2CCc3ccccc3C2)C1. The second kappa shape index (κ2) is 8.44. The van der Waals surface area contributed by atoms with Crippen molar-refractivity contribution in [2.75, 3.05) is 26.2 Å². The Bertz CT molecular complexity index is 1010. The van der Waals surface area contributed by atoms with E-state index in [9.17, 15) is 13.2 Å². The van der Waals surface area contributed by atoms with E-state index in [2.05, 4.69) is 33.9 Å². The monoisotopic (exact) mass is 433 g/mol. The van der Waals surface area contributed by atoms with Crippen LogP contribution in [0.15, 0.2) is 53.4 Å².